The molecule has 0 spiro atoms. The van der Waals surface area contributed by atoms with E-state index in [2.05, 4.69) is 22.1 Å². The summed E-state index contributed by atoms with van der Waals surface area (Å²) in [6.45, 7) is 6.60. The fraction of sp³-hybridized carbons (Fsp3) is 0.682. The molecule has 0 unspecified atom stereocenters. The van der Waals surface area contributed by atoms with Crippen LogP contribution in [0.5, 0.6) is 0 Å². The number of carbonyl (C=O) groups excluding carboxylic acids is 2. The quantitative estimate of drug-likeness (QED) is 0.819. The van der Waals surface area contributed by atoms with Crippen LogP contribution in [0.2, 0.25) is 0 Å². The lowest BCUT2D eigenvalue weighted by Crippen LogP contribution is -2.53. The number of piperidine rings is 1. The highest BCUT2D eigenvalue weighted by Gasteiger charge is 2.34. The van der Waals surface area contributed by atoms with Crippen molar-refractivity contribution in [3.63, 3.8) is 0 Å². The molecule has 1 aliphatic carbocycles. The molecule has 3 fully saturated rings. The topological polar surface area (TPSA) is 74.8 Å². The molecule has 2 aliphatic heterocycles. The minimum Gasteiger partial charge on any atom is -0.378 e. The summed E-state index contributed by atoms with van der Waals surface area (Å²) in [5, 5.41) is 3.26. The van der Waals surface area contributed by atoms with Crippen LogP contribution in [0.3, 0.4) is 0 Å². The summed E-state index contributed by atoms with van der Waals surface area (Å²) in [6.07, 6.45) is 6.68. The van der Waals surface area contributed by atoms with Crippen LogP contribution in [0.15, 0.2) is 18.3 Å². The van der Waals surface area contributed by atoms with E-state index in [4.69, 9.17) is 4.74 Å². The van der Waals surface area contributed by atoms with E-state index in [0.29, 0.717) is 37.8 Å². The summed E-state index contributed by atoms with van der Waals surface area (Å²) in [5.74, 6) is 1.66. The molecule has 0 aromatic carbocycles. The first-order valence-electron chi connectivity index (χ1n) is 11.0. The van der Waals surface area contributed by atoms with E-state index < -0.39 is 0 Å². The van der Waals surface area contributed by atoms with E-state index >= 15 is 0 Å². The van der Waals surface area contributed by atoms with E-state index in [9.17, 15) is 9.59 Å². The van der Waals surface area contributed by atoms with Crippen LogP contribution in [0, 0.1) is 11.8 Å². The number of carbonyl (C=O) groups is 2. The van der Waals surface area contributed by atoms with Gasteiger partial charge in [0.05, 0.1) is 18.8 Å². The highest BCUT2D eigenvalue weighted by molar-refractivity contribution is 5.94. The molecule has 7 heteroatoms. The number of rotatable bonds is 5. The number of nitrogens with zero attached hydrogens (tertiary/aromatic N) is 3. The smallest absolute Gasteiger partial charge is 0.255 e. The van der Waals surface area contributed by atoms with Crippen LogP contribution < -0.4 is 10.2 Å². The van der Waals surface area contributed by atoms with Gasteiger partial charge in [0, 0.05) is 44.3 Å². The number of hydrogen-bond acceptors (Lipinski definition) is 5. The molecule has 3 heterocycles. The SMILES string of the molecule is CC[C@@H]1CN(C(=O)c2ccc(N3CCOCC3)nc2)CC[C@@H]1NC(=O)C1CCC1. The Morgan fingerprint density at radius 1 is 1.17 bits per heavy atom. The molecular weight excluding hydrogens is 368 g/mol. The van der Waals surface area contributed by atoms with E-state index in [0.717, 1.165) is 44.6 Å². The average Bonchev–Trinajstić information content (AvgIpc) is 2.73. The highest BCUT2D eigenvalue weighted by atomic mass is 16.5. The van der Waals surface area contributed by atoms with E-state index in [1.807, 2.05) is 17.0 Å². The lowest BCUT2D eigenvalue weighted by molar-refractivity contribution is -0.128. The van der Waals surface area contributed by atoms with Crippen LogP contribution in [-0.4, -0.2) is 67.1 Å². The number of ether oxygens (including phenoxy) is 1. The van der Waals surface area contributed by atoms with Crippen molar-refractivity contribution in [1.29, 1.82) is 0 Å². The predicted molar refractivity (Wildman–Crippen MR) is 111 cm³/mol. The number of pyridine rings is 1. The summed E-state index contributed by atoms with van der Waals surface area (Å²) in [7, 11) is 0. The molecule has 3 aliphatic rings. The van der Waals surface area contributed by atoms with Crippen LogP contribution in [0.25, 0.3) is 0 Å². The summed E-state index contributed by atoms with van der Waals surface area (Å²) in [5.41, 5.74) is 0.633. The van der Waals surface area contributed by atoms with Gasteiger partial charge in [-0.2, -0.15) is 0 Å². The Hall–Kier alpha value is -2.15. The van der Waals surface area contributed by atoms with E-state index in [1.54, 1.807) is 6.20 Å². The third-order valence-corrected chi connectivity index (χ3v) is 6.68. The summed E-state index contributed by atoms with van der Waals surface area (Å²) < 4.78 is 5.38. The fourth-order valence-corrected chi connectivity index (χ4v) is 4.47. The van der Waals surface area contributed by atoms with Crippen molar-refractivity contribution in [2.24, 2.45) is 11.8 Å². The van der Waals surface area contributed by atoms with Crippen molar-refractivity contribution in [2.75, 3.05) is 44.3 Å². The first-order valence-corrected chi connectivity index (χ1v) is 11.0. The van der Waals surface area contributed by atoms with Gasteiger partial charge < -0.3 is 19.9 Å². The Morgan fingerprint density at radius 3 is 2.59 bits per heavy atom. The summed E-state index contributed by atoms with van der Waals surface area (Å²) in [6, 6.07) is 3.99. The number of nitrogens with one attached hydrogen (secondary N) is 1. The number of hydrogen-bond donors (Lipinski definition) is 1. The molecular formula is C22H32N4O3. The van der Waals surface area contributed by atoms with Gasteiger partial charge in [0.15, 0.2) is 0 Å². The molecule has 2 saturated heterocycles. The van der Waals surface area contributed by atoms with E-state index in [-0.39, 0.29) is 23.8 Å². The Bertz CT molecular complexity index is 713. The standard InChI is InChI=1S/C22H32N4O3/c1-2-16-15-26(9-8-19(16)24-21(27)17-4-3-5-17)22(28)18-6-7-20(23-14-18)25-10-12-29-13-11-25/h6-7,14,16-17,19H,2-5,8-13,15H2,1H3,(H,24,27)/t16-,19+/m1/s1. The van der Waals surface area contributed by atoms with Crippen LogP contribution in [-0.2, 0) is 9.53 Å². The fourth-order valence-electron chi connectivity index (χ4n) is 4.47. The zero-order valence-electron chi connectivity index (χ0n) is 17.3. The predicted octanol–water partition coefficient (Wildman–Crippen LogP) is 2.08. The Balaban J connectivity index is 1.34. The molecule has 4 rings (SSSR count). The number of amides is 2. The van der Waals surface area contributed by atoms with Gasteiger partial charge in [0.1, 0.15) is 5.82 Å². The monoisotopic (exact) mass is 400 g/mol. The van der Waals surface area contributed by atoms with Gasteiger partial charge in [-0.25, -0.2) is 4.98 Å². The first-order chi connectivity index (χ1) is 14.2. The Morgan fingerprint density at radius 2 is 1.97 bits per heavy atom. The second-order valence-corrected chi connectivity index (χ2v) is 8.46. The average molecular weight is 401 g/mol. The maximum atomic E-state index is 13.0. The summed E-state index contributed by atoms with van der Waals surface area (Å²) in [4.78, 5) is 34.0. The number of likely N-dealkylation sites (tertiary alicyclic amines) is 1. The minimum absolute atomic E-state index is 0.0354. The van der Waals surface area contributed by atoms with Crippen molar-refractivity contribution >= 4 is 17.6 Å². The van der Waals surface area contributed by atoms with Crippen molar-refractivity contribution in [2.45, 2.75) is 45.1 Å². The maximum absolute atomic E-state index is 13.0. The van der Waals surface area contributed by atoms with Crippen molar-refractivity contribution in [1.82, 2.24) is 15.2 Å². The second-order valence-electron chi connectivity index (χ2n) is 8.46. The largest absolute Gasteiger partial charge is 0.378 e. The van der Waals surface area contributed by atoms with Gasteiger partial charge in [-0.1, -0.05) is 13.3 Å². The van der Waals surface area contributed by atoms with Crippen molar-refractivity contribution < 1.29 is 14.3 Å². The number of aromatic nitrogens is 1. The lowest BCUT2D eigenvalue weighted by atomic mass is 9.83. The minimum atomic E-state index is 0.0354. The molecule has 1 saturated carbocycles. The molecule has 7 nitrogen and oxygen atoms in total. The molecule has 1 aromatic rings. The van der Waals surface area contributed by atoms with Crippen molar-refractivity contribution in [3.8, 4) is 0 Å². The molecule has 0 bridgehead atoms. The molecule has 0 radical (unpaired) electrons. The Kier molecular flexibility index (Phi) is 6.33. The molecule has 2 atom stereocenters. The zero-order chi connectivity index (χ0) is 20.2. The molecule has 158 valence electrons. The van der Waals surface area contributed by atoms with Gasteiger partial charge in [-0.3, -0.25) is 9.59 Å². The molecule has 1 N–H and O–H groups in total. The normalized spacial score (nSPS) is 25.4. The van der Waals surface area contributed by atoms with Gasteiger partial charge in [-0.15, -0.1) is 0 Å². The third-order valence-electron chi connectivity index (χ3n) is 6.68. The molecule has 2 amide bonds. The third kappa shape index (κ3) is 4.55. The number of anilines is 1. The van der Waals surface area contributed by atoms with Crippen LogP contribution >= 0.6 is 0 Å². The zero-order valence-corrected chi connectivity index (χ0v) is 17.3. The summed E-state index contributed by atoms with van der Waals surface area (Å²) >= 11 is 0. The first kappa shape index (κ1) is 20.1. The Labute approximate surface area is 172 Å². The lowest BCUT2D eigenvalue weighted by Gasteiger charge is -2.39. The second kappa shape index (κ2) is 9.11. The highest BCUT2D eigenvalue weighted by Crippen LogP contribution is 2.28. The molecule has 1 aromatic heterocycles. The van der Waals surface area contributed by atoms with Gasteiger partial charge in [-0.05, 0) is 43.7 Å². The van der Waals surface area contributed by atoms with Crippen LogP contribution in [0.1, 0.15) is 49.4 Å². The molecule has 29 heavy (non-hydrogen) atoms. The van der Waals surface area contributed by atoms with Crippen molar-refractivity contribution in [3.05, 3.63) is 23.9 Å². The number of morpholine rings is 1. The van der Waals surface area contributed by atoms with E-state index in [1.165, 1.54) is 6.42 Å². The van der Waals surface area contributed by atoms with Gasteiger partial charge in [0.2, 0.25) is 5.91 Å². The van der Waals surface area contributed by atoms with Gasteiger partial charge in [0.25, 0.3) is 5.91 Å². The van der Waals surface area contributed by atoms with Gasteiger partial charge >= 0.3 is 0 Å². The maximum Gasteiger partial charge on any atom is 0.255 e. The van der Waals surface area contributed by atoms with Crippen LogP contribution in [0.4, 0.5) is 5.82 Å².